The smallest absolute Gasteiger partial charge is 0.0308 e. The van der Waals surface area contributed by atoms with Crippen LogP contribution in [0.4, 0.5) is 0 Å². The molecule has 2 nitrogen and oxygen atoms in total. The summed E-state index contributed by atoms with van der Waals surface area (Å²) < 4.78 is 0. The lowest BCUT2D eigenvalue weighted by atomic mass is 10.3. The standard InChI is InChI=1S/C11H16N2S/c1-13-6-4-11(8-13)14-9-10-3-2-5-12-7-10/h2-3,5,7,11H,4,6,8-9H2,1H3. The van der Waals surface area contributed by atoms with Crippen LogP contribution in [-0.4, -0.2) is 35.3 Å². The SMILES string of the molecule is CN1CCC(SCc2cccnc2)C1. The number of thioether (sulfide) groups is 1. The Labute approximate surface area is 89.7 Å². The Balaban J connectivity index is 1.78. The highest BCUT2D eigenvalue weighted by Crippen LogP contribution is 2.24. The lowest BCUT2D eigenvalue weighted by molar-refractivity contribution is 0.419. The maximum absolute atomic E-state index is 4.12. The zero-order valence-electron chi connectivity index (χ0n) is 8.52. The van der Waals surface area contributed by atoms with Crippen molar-refractivity contribution in [2.24, 2.45) is 0 Å². The molecule has 1 atom stereocenters. The van der Waals surface area contributed by atoms with Crippen molar-refractivity contribution in [3.63, 3.8) is 0 Å². The topological polar surface area (TPSA) is 16.1 Å². The first-order valence-corrected chi connectivity index (χ1v) is 6.08. The molecule has 0 N–H and O–H groups in total. The van der Waals surface area contributed by atoms with Gasteiger partial charge in [0.15, 0.2) is 0 Å². The van der Waals surface area contributed by atoms with Gasteiger partial charge in [0.05, 0.1) is 0 Å². The van der Waals surface area contributed by atoms with Gasteiger partial charge in [-0.15, -0.1) is 0 Å². The van der Waals surface area contributed by atoms with Crippen molar-refractivity contribution in [3.8, 4) is 0 Å². The summed E-state index contributed by atoms with van der Waals surface area (Å²) in [6.07, 6.45) is 5.13. The number of nitrogens with zero attached hydrogens (tertiary/aromatic N) is 2. The van der Waals surface area contributed by atoms with Gasteiger partial charge < -0.3 is 4.90 Å². The first-order valence-electron chi connectivity index (χ1n) is 5.03. The summed E-state index contributed by atoms with van der Waals surface area (Å²) in [6.45, 7) is 2.50. The summed E-state index contributed by atoms with van der Waals surface area (Å²) >= 11 is 2.06. The third-order valence-electron chi connectivity index (χ3n) is 2.56. The van der Waals surface area contributed by atoms with E-state index in [0.29, 0.717) is 0 Å². The van der Waals surface area contributed by atoms with Gasteiger partial charge in [0.25, 0.3) is 0 Å². The number of aromatic nitrogens is 1. The average Bonchev–Trinajstić information content (AvgIpc) is 2.63. The molecule has 1 unspecified atom stereocenters. The van der Waals surface area contributed by atoms with E-state index in [1.54, 1.807) is 0 Å². The van der Waals surface area contributed by atoms with E-state index in [9.17, 15) is 0 Å². The molecule has 0 spiro atoms. The molecule has 0 amide bonds. The number of hydrogen-bond donors (Lipinski definition) is 0. The third-order valence-corrected chi connectivity index (χ3v) is 3.91. The molecular weight excluding hydrogens is 192 g/mol. The molecule has 1 aliphatic rings. The Bertz CT molecular complexity index is 276. The van der Waals surface area contributed by atoms with E-state index in [4.69, 9.17) is 0 Å². The first-order chi connectivity index (χ1) is 6.84. The van der Waals surface area contributed by atoms with Gasteiger partial charge in [-0.2, -0.15) is 11.8 Å². The van der Waals surface area contributed by atoms with Crippen LogP contribution in [0.3, 0.4) is 0 Å². The predicted molar refractivity (Wildman–Crippen MR) is 61.4 cm³/mol. The quantitative estimate of drug-likeness (QED) is 0.756. The Morgan fingerprint density at radius 3 is 3.21 bits per heavy atom. The summed E-state index contributed by atoms with van der Waals surface area (Å²) in [4.78, 5) is 6.52. The van der Waals surface area contributed by atoms with E-state index in [1.165, 1.54) is 25.1 Å². The molecule has 1 aliphatic heterocycles. The maximum atomic E-state index is 4.12. The van der Waals surface area contributed by atoms with Crippen molar-refractivity contribution in [1.82, 2.24) is 9.88 Å². The third kappa shape index (κ3) is 2.72. The zero-order chi connectivity index (χ0) is 9.80. The summed E-state index contributed by atoms with van der Waals surface area (Å²) in [5, 5.41) is 0.820. The van der Waals surface area contributed by atoms with Crippen LogP contribution in [0.5, 0.6) is 0 Å². The minimum absolute atomic E-state index is 0.820. The predicted octanol–water partition coefficient (Wildman–Crippen LogP) is 2.02. The molecule has 1 aromatic rings. The molecule has 0 aliphatic carbocycles. The van der Waals surface area contributed by atoms with Gasteiger partial charge in [0.1, 0.15) is 0 Å². The van der Waals surface area contributed by atoms with E-state index in [2.05, 4.69) is 34.8 Å². The number of pyridine rings is 1. The van der Waals surface area contributed by atoms with Crippen molar-refractivity contribution >= 4 is 11.8 Å². The monoisotopic (exact) mass is 208 g/mol. The highest BCUT2D eigenvalue weighted by Gasteiger charge is 2.19. The summed E-state index contributed by atoms with van der Waals surface area (Å²) in [5.41, 5.74) is 1.34. The molecule has 1 aromatic heterocycles. The van der Waals surface area contributed by atoms with Crippen LogP contribution in [0.15, 0.2) is 24.5 Å². The van der Waals surface area contributed by atoms with Gasteiger partial charge >= 0.3 is 0 Å². The lowest BCUT2D eigenvalue weighted by Gasteiger charge is -2.09. The second-order valence-corrected chi connectivity index (χ2v) is 5.13. The molecule has 2 heterocycles. The van der Waals surface area contributed by atoms with Crippen LogP contribution >= 0.6 is 11.8 Å². The minimum atomic E-state index is 0.820. The highest BCUT2D eigenvalue weighted by atomic mass is 32.2. The fourth-order valence-corrected chi connectivity index (χ4v) is 2.96. The second kappa shape index (κ2) is 4.80. The van der Waals surface area contributed by atoms with Gasteiger partial charge in [-0.05, 0) is 31.6 Å². The number of likely N-dealkylation sites (tertiary alicyclic amines) is 1. The molecule has 2 rings (SSSR count). The van der Waals surface area contributed by atoms with Crippen molar-refractivity contribution < 1.29 is 0 Å². The maximum Gasteiger partial charge on any atom is 0.0308 e. The Morgan fingerprint density at radius 1 is 1.64 bits per heavy atom. The van der Waals surface area contributed by atoms with Gasteiger partial charge in [0, 0.05) is 29.9 Å². The molecule has 0 radical (unpaired) electrons. The number of hydrogen-bond acceptors (Lipinski definition) is 3. The summed E-state index contributed by atoms with van der Waals surface area (Å²) in [6, 6.07) is 4.16. The van der Waals surface area contributed by atoms with Crippen LogP contribution in [0.2, 0.25) is 0 Å². The number of rotatable bonds is 3. The van der Waals surface area contributed by atoms with E-state index in [1.807, 2.05) is 18.5 Å². The fraction of sp³-hybridized carbons (Fsp3) is 0.545. The highest BCUT2D eigenvalue weighted by molar-refractivity contribution is 7.99. The Hall–Kier alpha value is -0.540. The largest absolute Gasteiger partial charge is 0.305 e. The Morgan fingerprint density at radius 2 is 2.57 bits per heavy atom. The van der Waals surface area contributed by atoms with Crippen LogP contribution in [0, 0.1) is 0 Å². The van der Waals surface area contributed by atoms with E-state index < -0.39 is 0 Å². The van der Waals surface area contributed by atoms with Crippen LogP contribution < -0.4 is 0 Å². The van der Waals surface area contributed by atoms with Crippen molar-refractivity contribution in [2.45, 2.75) is 17.4 Å². The molecule has 1 fully saturated rings. The fourth-order valence-electron chi connectivity index (χ4n) is 1.73. The molecule has 1 saturated heterocycles. The van der Waals surface area contributed by atoms with Crippen molar-refractivity contribution in [2.75, 3.05) is 20.1 Å². The minimum Gasteiger partial charge on any atom is -0.305 e. The van der Waals surface area contributed by atoms with Gasteiger partial charge in [-0.25, -0.2) is 0 Å². The molecule has 3 heteroatoms. The normalized spacial score (nSPS) is 22.8. The van der Waals surface area contributed by atoms with Crippen molar-refractivity contribution in [1.29, 1.82) is 0 Å². The van der Waals surface area contributed by atoms with Gasteiger partial charge in [-0.1, -0.05) is 6.07 Å². The second-order valence-electron chi connectivity index (χ2n) is 3.85. The Kier molecular flexibility index (Phi) is 3.43. The van der Waals surface area contributed by atoms with Crippen molar-refractivity contribution in [3.05, 3.63) is 30.1 Å². The molecule has 0 aromatic carbocycles. The van der Waals surface area contributed by atoms with Gasteiger partial charge in [0.2, 0.25) is 0 Å². The molecule has 0 saturated carbocycles. The van der Waals surface area contributed by atoms with Crippen LogP contribution in [-0.2, 0) is 5.75 Å². The molecular formula is C11H16N2S. The van der Waals surface area contributed by atoms with E-state index >= 15 is 0 Å². The average molecular weight is 208 g/mol. The summed E-state index contributed by atoms with van der Waals surface area (Å²) in [5.74, 6) is 1.10. The molecule has 76 valence electrons. The van der Waals surface area contributed by atoms with Crippen LogP contribution in [0.25, 0.3) is 0 Å². The van der Waals surface area contributed by atoms with E-state index in [0.717, 1.165) is 11.0 Å². The zero-order valence-corrected chi connectivity index (χ0v) is 9.33. The van der Waals surface area contributed by atoms with Crippen LogP contribution in [0.1, 0.15) is 12.0 Å². The summed E-state index contributed by atoms with van der Waals surface area (Å²) in [7, 11) is 2.20. The first kappa shape index (κ1) is 9.99. The molecule has 14 heavy (non-hydrogen) atoms. The van der Waals surface area contributed by atoms with E-state index in [-0.39, 0.29) is 0 Å². The van der Waals surface area contributed by atoms with Gasteiger partial charge in [-0.3, -0.25) is 4.98 Å². The molecule has 0 bridgehead atoms. The lowest BCUT2D eigenvalue weighted by Crippen LogP contribution is -2.14.